The van der Waals surface area contributed by atoms with Crippen molar-refractivity contribution in [1.29, 1.82) is 0 Å². The Morgan fingerprint density at radius 2 is 1.04 bits per heavy atom. The summed E-state index contributed by atoms with van der Waals surface area (Å²) in [5.74, 6) is 1.39. The summed E-state index contributed by atoms with van der Waals surface area (Å²) in [5, 5.41) is 18.0. The number of aliphatic hydroxyl groups excluding tert-OH is 2. The normalized spacial score (nSPS) is 14.9. The molecule has 146 valence electrons. The zero-order valence-electron chi connectivity index (χ0n) is 14.3. The molecule has 0 bridgehead atoms. The molecule has 8 heteroatoms. The molecule has 0 saturated heterocycles. The fourth-order valence-electron chi connectivity index (χ4n) is 3.11. The highest BCUT2D eigenvalue weighted by Gasteiger charge is 2.46. The summed E-state index contributed by atoms with van der Waals surface area (Å²) >= 11 is 14.4. The van der Waals surface area contributed by atoms with Crippen molar-refractivity contribution in [2.24, 2.45) is 0 Å². The van der Waals surface area contributed by atoms with E-state index in [1.54, 1.807) is 0 Å². The summed E-state index contributed by atoms with van der Waals surface area (Å²) in [7, 11) is 0. The molecule has 1 saturated carbocycles. The molecule has 0 radical (unpaired) electrons. The van der Waals surface area contributed by atoms with Gasteiger partial charge in [-0.2, -0.15) is 0 Å². The van der Waals surface area contributed by atoms with Crippen molar-refractivity contribution in [1.82, 2.24) is 0 Å². The molecule has 1 aliphatic rings. The van der Waals surface area contributed by atoms with Gasteiger partial charge < -0.3 is 19.7 Å². The first-order chi connectivity index (χ1) is 12.9. The van der Waals surface area contributed by atoms with Crippen LogP contribution in [0.4, 0.5) is 0 Å². The molecule has 0 amide bonds. The number of halogens is 4. The number of hydrogen-bond donors (Lipinski definition) is 2. The highest BCUT2D eigenvalue weighted by atomic mass is 79.9. The molecule has 2 N–H and O–H groups in total. The lowest BCUT2D eigenvalue weighted by Gasteiger charge is -2.21. The highest BCUT2D eigenvalue weighted by molar-refractivity contribution is 9.11. The molecule has 0 aliphatic heterocycles. The van der Waals surface area contributed by atoms with Crippen LogP contribution in [0.1, 0.15) is 24.0 Å². The predicted molar refractivity (Wildman–Crippen MR) is 119 cm³/mol. The Balaban J connectivity index is 1.96. The summed E-state index contributed by atoms with van der Waals surface area (Å²) in [4.78, 5) is 0. The summed E-state index contributed by atoms with van der Waals surface area (Å²) < 4.78 is 14.6. The molecule has 0 atom stereocenters. The lowest BCUT2D eigenvalue weighted by Crippen LogP contribution is -2.11. The maximum Gasteiger partial charge on any atom is 0.147 e. The Morgan fingerprint density at radius 3 is 1.30 bits per heavy atom. The first kappa shape index (κ1) is 21.6. The summed E-state index contributed by atoms with van der Waals surface area (Å²) in [5.41, 5.74) is 2.34. The van der Waals surface area contributed by atoms with Gasteiger partial charge in [0.25, 0.3) is 0 Å². The van der Waals surface area contributed by atoms with Gasteiger partial charge in [-0.1, -0.05) is 0 Å². The highest BCUT2D eigenvalue weighted by Crippen LogP contribution is 2.56. The van der Waals surface area contributed by atoms with Gasteiger partial charge in [0.15, 0.2) is 0 Å². The minimum Gasteiger partial charge on any atom is -0.489 e. The van der Waals surface area contributed by atoms with E-state index >= 15 is 0 Å². The maximum atomic E-state index is 8.99. The average Bonchev–Trinajstić information content (AvgIpc) is 3.42. The van der Waals surface area contributed by atoms with Crippen molar-refractivity contribution in [2.45, 2.75) is 18.3 Å². The van der Waals surface area contributed by atoms with Gasteiger partial charge in [-0.05, 0) is 112 Å². The number of aliphatic hydroxyl groups is 2. The minimum atomic E-state index is -0.0545. The Bertz CT molecular complexity index is 725. The van der Waals surface area contributed by atoms with Gasteiger partial charge in [0.2, 0.25) is 0 Å². The van der Waals surface area contributed by atoms with Gasteiger partial charge in [-0.15, -0.1) is 0 Å². The molecule has 2 aromatic carbocycles. The van der Waals surface area contributed by atoms with E-state index in [2.05, 4.69) is 88.0 Å². The Hall–Kier alpha value is -0.120. The largest absolute Gasteiger partial charge is 0.489 e. The zero-order valence-corrected chi connectivity index (χ0v) is 20.6. The summed E-state index contributed by atoms with van der Waals surface area (Å²) in [6, 6.07) is 8.34. The van der Waals surface area contributed by atoms with E-state index in [1.807, 2.05) is 0 Å². The van der Waals surface area contributed by atoms with E-state index in [1.165, 1.54) is 11.1 Å². The van der Waals surface area contributed by atoms with Crippen LogP contribution >= 0.6 is 63.7 Å². The quantitative estimate of drug-likeness (QED) is 0.402. The first-order valence-corrected chi connectivity index (χ1v) is 11.6. The van der Waals surface area contributed by atoms with E-state index in [0.717, 1.165) is 30.7 Å². The van der Waals surface area contributed by atoms with Crippen LogP contribution in [-0.2, 0) is 5.41 Å². The monoisotopic (exact) mass is 626 g/mol. The second-order valence-corrected chi connectivity index (χ2v) is 9.68. The smallest absolute Gasteiger partial charge is 0.147 e. The van der Waals surface area contributed by atoms with Crippen LogP contribution in [0.2, 0.25) is 0 Å². The summed E-state index contributed by atoms with van der Waals surface area (Å²) in [6.45, 7) is 0.433. The van der Waals surface area contributed by atoms with Crippen molar-refractivity contribution in [3.8, 4) is 11.5 Å². The Labute approximate surface area is 191 Å². The topological polar surface area (TPSA) is 58.9 Å². The summed E-state index contributed by atoms with van der Waals surface area (Å²) in [6.07, 6.45) is 2.11. The minimum absolute atomic E-state index is 0.0304. The molecule has 4 nitrogen and oxygen atoms in total. The van der Waals surface area contributed by atoms with Crippen LogP contribution in [0.25, 0.3) is 0 Å². The molecule has 27 heavy (non-hydrogen) atoms. The van der Waals surface area contributed by atoms with Crippen LogP contribution in [0.15, 0.2) is 42.2 Å². The van der Waals surface area contributed by atoms with Crippen LogP contribution in [0.5, 0.6) is 11.5 Å². The van der Waals surface area contributed by atoms with Gasteiger partial charge in [0.05, 0.1) is 31.1 Å². The maximum absolute atomic E-state index is 8.99. The molecule has 0 heterocycles. The van der Waals surface area contributed by atoms with Crippen LogP contribution < -0.4 is 9.47 Å². The van der Waals surface area contributed by atoms with Crippen LogP contribution in [0.3, 0.4) is 0 Å². The second kappa shape index (κ2) is 9.13. The van der Waals surface area contributed by atoms with Gasteiger partial charge in [0, 0.05) is 5.41 Å². The van der Waals surface area contributed by atoms with Crippen molar-refractivity contribution >= 4 is 63.7 Å². The van der Waals surface area contributed by atoms with Crippen molar-refractivity contribution in [3.05, 3.63) is 53.3 Å². The molecule has 1 fully saturated rings. The molecule has 0 aromatic heterocycles. The molecular formula is C19H18Br4O4. The van der Waals surface area contributed by atoms with Crippen molar-refractivity contribution in [3.63, 3.8) is 0 Å². The Morgan fingerprint density at radius 1 is 0.704 bits per heavy atom. The standard InChI is InChI=1S/C19H18Br4O4/c20-13-7-11(8-14(21)17(13)26-5-3-24)19(1-2-19)12-9-15(22)18(16(23)10-12)27-6-4-25/h7-10,24-25H,1-6H2. The van der Waals surface area contributed by atoms with E-state index in [0.29, 0.717) is 11.5 Å². The van der Waals surface area contributed by atoms with E-state index in [9.17, 15) is 0 Å². The molecule has 0 unspecified atom stereocenters. The third-order valence-corrected chi connectivity index (χ3v) is 6.88. The predicted octanol–water partition coefficient (Wildman–Crippen LogP) is 5.56. The fourth-order valence-corrected chi connectivity index (χ4v) is 5.94. The van der Waals surface area contributed by atoms with Gasteiger partial charge >= 0.3 is 0 Å². The number of benzene rings is 2. The lowest BCUT2D eigenvalue weighted by atomic mass is 9.88. The fraction of sp³-hybridized carbons (Fsp3) is 0.368. The molecular weight excluding hydrogens is 612 g/mol. The SMILES string of the molecule is OCCOc1c(Br)cc(C2(c3cc(Br)c(OCCO)c(Br)c3)CC2)cc1Br. The van der Waals surface area contributed by atoms with Gasteiger partial charge in [0.1, 0.15) is 24.7 Å². The first-order valence-electron chi connectivity index (χ1n) is 8.39. The molecule has 0 spiro atoms. The van der Waals surface area contributed by atoms with Crippen molar-refractivity contribution < 1.29 is 19.7 Å². The van der Waals surface area contributed by atoms with Crippen LogP contribution in [-0.4, -0.2) is 36.6 Å². The molecule has 1 aliphatic carbocycles. The second-order valence-electron chi connectivity index (χ2n) is 6.26. The van der Waals surface area contributed by atoms with E-state index < -0.39 is 0 Å². The molecule has 3 rings (SSSR count). The van der Waals surface area contributed by atoms with Crippen molar-refractivity contribution in [2.75, 3.05) is 26.4 Å². The lowest BCUT2D eigenvalue weighted by molar-refractivity contribution is 0.200. The van der Waals surface area contributed by atoms with E-state index in [4.69, 9.17) is 19.7 Å². The zero-order chi connectivity index (χ0) is 19.6. The third kappa shape index (κ3) is 4.56. The number of ether oxygens (including phenoxy) is 2. The van der Waals surface area contributed by atoms with Gasteiger partial charge in [-0.25, -0.2) is 0 Å². The van der Waals surface area contributed by atoms with E-state index in [-0.39, 0.29) is 31.8 Å². The Kier molecular flexibility index (Phi) is 7.30. The number of hydrogen-bond acceptors (Lipinski definition) is 4. The number of rotatable bonds is 8. The average molecular weight is 630 g/mol. The third-order valence-electron chi connectivity index (χ3n) is 4.53. The molecule has 2 aromatic rings. The van der Waals surface area contributed by atoms with Crippen LogP contribution in [0, 0.1) is 0 Å². The van der Waals surface area contributed by atoms with Gasteiger partial charge in [-0.3, -0.25) is 0 Å².